The number of rotatable bonds is 7. The van der Waals surface area contributed by atoms with Gasteiger partial charge >= 0.3 is 0 Å². The van der Waals surface area contributed by atoms with Gasteiger partial charge in [-0.15, -0.1) is 21.5 Å². The fourth-order valence-electron chi connectivity index (χ4n) is 1.18. The first-order valence-electron chi connectivity index (χ1n) is 5.61. The molecule has 18 heavy (non-hydrogen) atoms. The molecule has 7 heteroatoms. The summed E-state index contributed by atoms with van der Waals surface area (Å²) in [5.74, 6) is 2.12. The molecule has 2 heterocycles. The van der Waals surface area contributed by atoms with Crippen LogP contribution >= 0.6 is 62.1 Å². The smallest absolute Gasteiger partial charge is 0.132 e. The van der Waals surface area contributed by atoms with Crippen molar-refractivity contribution in [3.05, 3.63) is 20.8 Å². The monoisotopic (exact) mass is 380 g/mol. The SMILES string of the molecule is CCCCSc1nnc(SCc2ccc(Br)s2)s1. The lowest BCUT2D eigenvalue weighted by atomic mass is 10.4. The fourth-order valence-corrected chi connectivity index (χ4v) is 5.88. The summed E-state index contributed by atoms with van der Waals surface area (Å²) in [6, 6.07) is 4.24. The molecular formula is C11H13BrN2S4. The maximum Gasteiger partial charge on any atom is 0.175 e. The first-order chi connectivity index (χ1) is 8.78. The van der Waals surface area contributed by atoms with Gasteiger partial charge in [0.15, 0.2) is 8.68 Å². The normalized spacial score (nSPS) is 11.0. The van der Waals surface area contributed by atoms with Crippen LogP contribution in [-0.4, -0.2) is 16.0 Å². The van der Waals surface area contributed by atoms with Gasteiger partial charge in [0, 0.05) is 16.4 Å². The molecule has 0 spiro atoms. The maximum absolute atomic E-state index is 4.22. The summed E-state index contributed by atoms with van der Waals surface area (Å²) in [5.41, 5.74) is 0. The van der Waals surface area contributed by atoms with E-state index in [2.05, 4.69) is 45.2 Å². The first-order valence-corrected chi connectivity index (χ1v) is 10.0. The molecule has 0 aliphatic rings. The van der Waals surface area contributed by atoms with Crippen molar-refractivity contribution in [3.63, 3.8) is 0 Å². The molecule has 2 aromatic heterocycles. The molecule has 0 amide bonds. The number of thiophene rings is 1. The Morgan fingerprint density at radius 1 is 1.17 bits per heavy atom. The van der Waals surface area contributed by atoms with Crippen LogP contribution in [0.1, 0.15) is 24.6 Å². The highest BCUT2D eigenvalue weighted by Gasteiger charge is 2.06. The van der Waals surface area contributed by atoms with E-state index in [1.54, 1.807) is 34.4 Å². The standard InChI is InChI=1S/C11H13BrN2S4/c1-2-3-6-15-10-13-14-11(18-10)16-7-8-4-5-9(12)17-8/h4-5H,2-3,6-7H2,1H3. The van der Waals surface area contributed by atoms with Gasteiger partial charge in [0.05, 0.1) is 3.79 Å². The highest BCUT2D eigenvalue weighted by Crippen LogP contribution is 2.33. The third-order valence-electron chi connectivity index (χ3n) is 2.08. The van der Waals surface area contributed by atoms with E-state index >= 15 is 0 Å². The largest absolute Gasteiger partial charge is 0.175 e. The molecule has 0 aliphatic carbocycles. The predicted octanol–water partition coefficient (Wildman–Crippen LogP) is 5.55. The summed E-state index contributed by atoms with van der Waals surface area (Å²) in [5, 5.41) is 8.43. The number of aromatic nitrogens is 2. The van der Waals surface area contributed by atoms with Crippen LogP contribution in [0.2, 0.25) is 0 Å². The van der Waals surface area contributed by atoms with E-state index in [0.29, 0.717) is 0 Å². The predicted molar refractivity (Wildman–Crippen MR) is 87.1 cm³/mol. The van der Waals surface area contributed by atoms with Crippen molar-refractivity contribution in [3.8, 4) is 0 Å². The van der Waals surface area contributed by atoms with Crippen LogP contribution in [0.3, 0.4) is 0 Å². The number of halogens is 1. The van der Waals surface area contributed by atoms with E-state index in [1.165, 1.54) is 21.5 Å². The van der Waals surface area contributed by atoms with Crippen molar-refractivity contribution < 1.29 is 0 Å². The van der Waals surface area contributed by atoms with Crippen molar-refractivity contribution >= 4 is 62.1 Å². The molecule has 0 atom stereocenters. The summed E-state index contributed by atoms with van der Waals surface area (Å²) in [7, 11) is 0. The van der Waals surface area contributed by atoms with Crippen LogP contribution < -0.4 is 0 Å². The Morgan fingerprint density at radius 3 is 2.61 bits per heavy atom. The molecule has 0 unspecified atom stereocenters. The van der Waals surface area contributed by atoms with Crippen molar-refractivity contribution in [1.82, 2.24) is 10.2 Å². The van der Waals surface area contributed by atoms with Gasteiger partial charge in [-0.1, -0.05) is 48.2 Å². The zero-order chi connectivity index (χ0) is 12.8. The molecule has 0 N–H and O–H groups in total. The van der Waals surface area contributed by atoms with E-state index in [1.807, 2.05) is 11.8 Å². The Hall–Kier alpha value is 0.440. The van der Waals surface area contributed by atoms with E-state index in [-0.39, 0.29) is 0 Å². The number of nitrogens with zero attached hydrogens (tertiary/aromatic N) is 2. The van der Waals surface area contributed by atoms with Crippen LogP contribution in [0.15, 0.2) is 24.6 Å². The molecule has 0 fully saturated rings. The minimum Gasteiger partial charge on any atom is -0.132 e. The number of hydrogen-bond acceptors (Lipinski definition) is 6. The van der Waals surface area contributed by atoms with Crippen LogP contribution in [0.5, 0.6) is 0 Å². The van der Waals surface area contributed by atoms with Crippen molar-refractivity contribution in [2.24, 2.45) is 0 Å². The average molecular weight is 381 g/mol. The van der Waals surface area contributed by atoms with Crippen LogP contribution in [0.4, 0.5) is 0 Å². The molecule has 0 bridgehead atoms. The lowest BCUT2D eigenvalue weighted by molar-refractivity contribution is 0.892. The second-order valence-corrected chi connectivity index (χ2v) is 9.62. The van der Waals surface area contributed by atoms with Gasteiger partial charge in [-0.2, -0.15) is 0 Å². The van der Waals surface area contributed by atoms with Gasteiger partial charge in [0.25, 0.3) is 0 Å². The van der Waals surface area contributed by atoms with Gasteiger partial charge < -0.3 is 0 Å². The molecule has 0 saturated carbocycles. The summed E-state index contributed by atoms with van der Waals surface area (Å²) in [4.78, 5) is 1.36. The molecule has 2 rings (SSSR count). The summed E-state index contributed by atoms with van der Waals surface area (Å²) >= 11 is 10.5. The van der Waals surface area contributed by atoms with E-state index in [4.69, 9.17) is 0 Å². The third kappa shape index (κ3) is 4.85. The Bertz CT molecular complexity index is 483. The molecule has 98 valence electrons. The molecule has 2 aromatic rings. The summed E-state index contributed by atoms with van der Waals surface area (Å²) in [6.07, 6.45) is 2.48. The molecule has 0 aromatic carbocycles. The topological polar surface area (TPSA) is 25.8 Å². The Morgan fingerprint density at radius 2 is 1.94 bits per heavy atom. The lowest BCUT2D eigenvalue weighted by Gasteiger charge is -1.93. The van der Waals surface area contributed by atoms with E-state index in [0.717, 1.165) is 20.2 Å². The second-order valence-electron chi connectivity index (χ2n) is 3.53. The third-order valence-corrected chi connectivity index (χ3v) is 7.21. The molecular weight excluding hydrogens is 368 g/mol. The number of hydrogen-bond donors (Lipinski definition) is 0. The van der Waals surface area contributed by atoms with E-state index in [9.17, 15) is 0 Å². The zero-order valence-corrected chi connectivity index (χ0v) is 14.7. The maximum atomic E-state index is 4.22. The van der Waals surface area contributed by atoms with Crippen molar-refractivity contribution in [1.29, 1.82) is 0 Å². The van der Waals surface area contributed by atoms with Gasteiger partial charge in [-0.25, -0.2) is 0 Å². The second kappa shape index (κ2) is 7.89. The van der Waals surface area contributed by atoms with Crippen LogP contribution in [-0.2, 0) is 5.75 Å². The number of thioether (sulfide) groups is 2. The fraction of sp³-hybridized carbons (Fsp3) is 0.455. The average Bonchev–Trinajstić information content (AvgIpc) is 2.96. The Kier molecular flexibility index (Phi) is 6.51. The molecule has 0 saturated heterocycles. The van der Waals surface area contributed by atoms with Gasteiger partial charge in [0.2, 0.25) is 0 Å². The van der Waals surface area contributed by atoms with E-state index < -0.39 is 0 Å². The van der Waals surface area contributed by atoms with Gasteiger partial charge in [-0.05, 0) is 34.5 Å². The van der Waals surface area contributed by atoms with Crippen molar-refractivity contribution in [2.75, 3.05) is 5.75 Å². The van der Waals surface area contributed by atoms with Crippen LogP contribution in [0.25, 0.3) is 0 Å². The van der Waals surface area contributed by atoms with Gasteiger partial charge in [-0.3, -0.25) is 0 Å². The molecule has 0 aliphatic heterocycles. The van der Waals surface area contributed by atoms with Gasteiger partial charge in [0.1, 0.15) is 0 Å². The summed E-state index contributed by atoms with van der Waals surface area (Å²) in [6.45, 7) is 2.21. The highest BCUT2D eigenvalue weighted by atomic mass is 79.9. The highest BCUT2D eigenvalue weighted by molar-refractivity contribution is 9.11. The van der Waals surface area contributed by atoms with Crippen LogP contribution in [0, 0.1) is 0 Å². The Labute approximate surface area is 132 Å². The minimum atomic E-state index is 0.977. The molecule has 0 radical (unpaired) electrons. The first kappa shape index (κ1) is 14.8. The Balaban J connectivity index is 1.79. The zero-order valence-electron chi connectivity index (χ0n) is 9.89. The quantitative estimate of drug-likeness (QED) is 0.464. The lowest BCUT2D eigenvalue weighted by Crippen LogP contribution is -1.77. The van der Waals surface area contributed by atoms with Crippen molar-refractivity contribution in [2.45, 2.75) is 34.2 Å². The summed E-state index contributed by atoms with van der Waals surface area (Å²) < 4.78 is 3.35. The minimum absolute atomic E-state index is 0.977. The number of unbranched alkanes of at least 4 members (excludes halogenated alkanes) is 1. The molecule has 2 nitrogen and oxygen atoms in total.